The molecule has 0 radical (unpaired) electrons. The van der Waals surface area contributed by atoms with Gasteiger partial charge < -0.3 is 0 Å². The average Bonchev–Trinajstić information content (AvgIpc) is 2.86. The third-order valence-corrected chi connectivity index (χ3v) is 4.96. The zero-order valence-corrected chi connectivity index (χ0v) is 12.7. The standard InChI is InChI=1S/C12H13F2N3O2S2/c1-17-8-10(7-15-17)21(18,19)16-4-5-20-9-2-3-11(13)12(14)6-9/h2-3,6-8,16H,4-5H2,1H3. The molecule has 0 fully saturated rings. The maximum absolute atomic E-state index is 13.0. The highest BCUT2D eigenvalue weighted by Gasteiger charge is 2.15. The average molecular weight is 333 g/mol. The Balaban J connectivity index is 1.85. The van der Waals surface area contributed by atoms with Crippen molar-refractivity contribution in [3.05, 3.63) is 42.2 Å². The molecule has 0 bridgehead atoms. The Morgan fingerprint density at radius 2 is 2.10 bits per heavy atom. The van der Waals surface area contributed by atoms with E-state index in [-0.39, 0.29) is 11.4 Å². The van der Waals surface area contributed by atoms with E-state index in [1.165, 1.54) is 34.9 Å². The van der Waals surface area contributed by atoms with Crippen LogP contribution in [0.5, 0.6) is 0 Å². The summed E-state index contributed by atoms with van der Waals surface area (Å²) < 4.78 is 53.3. The number of rotatable bonds is 6. The summed E-state index contributed by atoms with van der Waals surface area (Å²) in [5, 5.41) is 3.79. The minimum Gasteiger partial charge on any atom is -0.274 e. The number of aromatic nitrogens is 2. The number of nitrogens with one attached hydrogen (secondary N) is 1. The van der Waals surface area contributed by atoms with Crippen LogP contribution in [0.3, 0.4) is 0 Å². The monoisotopic (exact) mass is 333 g/mol. The Kier molecular flexibility index (Phi) is 4.96. The summed E-state index contributed by atoms with van der Waals surface area (Å²) in [6.45, 7) is 0.168. The summed E-state index contributed by atoms with van der Waals surface area (Å²) in [4.78, 5) is 0.623. The first kappa shape index (κ1) is 15.9. The molecular weight excluding hydrogens is 320 g/mol. The molecule has 1 heterocycles. The second-order valence-electron chi connectivity index (χ2n) is 4.17. The molecule has 0 saturated heterocycles. The van der Waals surface area contributed by atoms with E-state index in [2.05, 4.69) is 9.82 Å². The van der Waals surface area contributed by atoms with Crippen molar-refractivity contribution in [1.29, 1.82) is 0 Å². The van der Waals surface area contributed by atoms with Gasteiger partial charge in [0.05, 0.1) is 6.20 Å². The fourth-order valence-electron chi connectivity index (χ4n) is 1.53. The summed E-state index contributed by atoms with van der Waals surface area (Å²) in [6.07, 6.45) is 2.65. The predicted octanol–water partition coefficient (Wildman–Crippen LogP) is 1.77. The molecule has 2 rings (SSSR count). The Hall–Kier alpha value is -1.45. The van der Waals surface area contributed by atoms with Crippen molar-refractivity contribution >= 4 is 21.8 Å². The van der Waals surface area contributed by atoms with Crippen LogP contribution >= 0.6 is 11.8 Å². The number of halogens is 2. The molecule has 0 aliphatic carbocycles. The van der Waals surface area contributed by atoms with Gasteiger partial charge in [-0.15, -0.1) is 11.8 Å². The minimum atomic E-state index is -3.59. The van der Waals surface area contributed by atoms with Crippen LogP contribution in [0, 0.1) is 11.6 Å². The van der Waals surface area contributed by atoms with Crippen LogP contribution in [0.15, 0.2) is 40.4 Å². The molecule has 1 N–H and O–H groups in total. The van der Waals surface area contributed by atoms with Gasteiger partial charge in [0, 0.05) is 30.4 Å². The van der Waals surface area contributed by atoms with E-state index in [0.29, 0.717) is 10.6 Å². The number of nitrogens with zero attached hydrogens (tertiary/aromatic N) is 2. The molecule has 2 aromatic rings. The van der Waals surface area contributed by atoms with Crippen LogP contribution in [0.25, 0.3) is 0 Å². The largest absolute Gasteiger partial charge is 0.274 e. The molecule has 0 aliphatic rings. The Morgan fingerprint density at radius 3 is 2.71 bits per heavy atom. The Bertz CT molecular complexity index is 732. The lowest BCUT2D eigenvalue weighted by Crippen LogP contribution is -2.25. The van der Waals surface area contributed by atoms with Gasteiger partial charge in [0.2, 0.25) is 10.0 Å². The van der Waals surface area contributed by atoms with Crippen LogP contribution in [-0.2, 0) is 17.1 Å². The maximum Gasteiger partial charge on any atom is 0.243 e. The van der Waals surface area contributed by atoms with Crippen molar-refractivity contribution in [3.8, 4) is 0 Å². The van der Waals surface area contributed by atoms with Crippen molar-refractivity contribution in [1.82, 2.24) is 14.5 Å². The highest BCUT2D eigenvalue weighted by Crippen LogP contribution is 2.20. The number of hydrogen-bond acceptors (Lipinski definition) is 4. The SMILES string of the molecule is Cn1cc(S(=O)(=O)NCCSc2ccc(F)c(F)c2)cn1. The third-order valence-electron chi connectivity index (χ3n) is 2.55. The topological polar surface area (TPSA) is 64.0 Å². The van der Waals surface area contributed by atoms with Crippen molar-refractivity contribution in [2.45, 2.75) is 9.79 Å². The lowest BCUT2D eigenvalue weighted by Gasteiger charge is -2.05. The molecule has 1 aromatic heterocycles. The Labute approximate surface area is 125 Å². The molecule has 21 heavy (non-hydrogen) atoms. The third kappa shape index (κ3) is 4.26. The molecule has 0 spiro atoms. The number of hydrogen-bond donors (Lipinski definition) is 1. The zero-order chi connectivity index (χ0) is 15.5. The number of thioether (sulfide) groups is 1. The van der Waals surface area contributed by atoms with E-state index in [1.807, 2.05) is 0 Å². The van der Waals surface area contributed by atoms with E-state index in [1.54, 1.807) is 7.05 Å². The van der Waals surface area contributed by atoms with Crippen molar-refractivity contribution in [2.75, 3.05) is 12.3 Å². The molecular formula is C12H13F2N3O2S2. The molecule has 0 unspecified atom stereocenters. The fourth-order valence-corrected chi connectivity index (χ4v) is 3.47. The van der Waals surface area contributed by atoms with Crippen molar-refractivity contribution in [2.24, 2.45) is 7.05 Å². The lowest BCUT2D eigenvalue weighted by atomic mass is 10.3. The summed E-state index contributed by atoms with van der Waals surface area (Å²) in [5.74, 6) is -1.43. The van der Waals surface area contributed by atoms with Gasteiger partial charge >= 0.3 is 0 Å². The van der Waals surface area contributed by atoms with Crippen LogP contribution in [0.1, 0.15) is 0 Å². The lowest BCUT2D eigenvalue weighted by molar-refractivity contribution is 0.506. The van der Waals surface area contributed by atoms with E-state index in [9.17, 15) is 17.2 Å². The maximum atomic E-state index is 13.0. The molecule has 9 heteroatoms. The molecule has 0 amide bonds. The first-order chi connectivity index (χ1) is 9.88. The van der Waals surface area contributed by atoms with E-state index in [4.69, 9.17) is 0 Å². The second kappa shape index (κ2) is 6.54. The van der Waals surface area contributed by atoms with Gasteiger partial charge in [0.15, 0.2) is 11.6 Å². The molecule has 1 aromatic carbocycles. The minimum absolute atomic E-state index is 0.0860. The number of aryl methyl sites for hydroxylation is 1. The number of benzene rings is 1. The highest BCUT2D eigenvalue weighted by molar-refractivity contribution is 7.99. The summed E-state index contributed by atoms with van der Waals surface area (Å²) in [7, 11) is -1.97. The molecule has 0 atom stereocenters. The first-order valence-electron chi connectivity index (χ1n) is 5.94. The quantitative estimate of drug-likeness (QED) is 0.646. The van der Waals surface area contributed by atoms with Gasteiger partial charge in [-0.2, -0.15) is 5.10 Å². The van der Waals surface area contributed by atoms with E-state index >= 15 is 0 Å². The van der Waals surface area contributed by atoms with Crippen LogP contribution in [0.2, 0.25) is 0 Å². The molecule has 0 saturated carbocycles. The van der Waals surface area contributed by atoms with Gasteiger partial charge in [-0.25, -0.2) is 21.9 Å². The van der Waals surface area contributed by atoms with E-state index in [0.717, 1.165) is 12.1 Å². The normalized spacial score (nSPS) is 11.8. The fraction of sp³-hybridized carbons (Fsp3) is 0.250. The van der Waals surface area contributed by atoms with Gasteiger partial charge in [0.25, 0.3) is 0 Å². The van der Waals surface area contributed by atoms with Gasteiger partial charge in [-0.05, 0) is 18.2 Å². The predicted molar refractivity (Wildman–Crippen MR) is 75.5 cm³/mol. The Morgan fingerprint density at radius 1 is 1.33 bits per heavy atom. The smallest absolute Gasteiger partial charge is 0.243 e. The summed E-state index contributed by atoms with van der Waals surface area (Å²) in [6, 6.07) is 3.56. The number of sulfonamides is 1. The van der Waals surface area contributed by atoms with Crippen LogP contribution < -0.4 is 4.72 Å². The van der Waals surface area contributed by atoms with Gasteiger partial charge in [-0.1, -0.05) is 0 Å². The van der Waals surface area contributed by atoms with Crippen molar-refractivity contribution < 1.29 is 17.2 Å². The first-order valence-corrected chi connectivity index (χ1v) is 8.41. The molecule has 5 nitrogen and oxygen atoms in total. The zero-order valence-electron chi connectivity index (χ0n) is 11.1. The van der Waals surface area contributed by atoms with Gasteiger partial charge in [-0.3, -0.25) is 4.68 Å². The van der Waals surface area contributed by atoms with Crippen molar-refractivity contribution in [3.63, 3.8) is 0 Å². The van der Waals surface area contributed by atoms with Gasteiger partial charge in [0.1, 0.15) is 4.90 Å². The molecule has 114 valence electrons. The van der Waals surface area contributed by atoms with E-state index < -0.39 is 21.7 Å². The van der Waals surface area contributed by atoms with Crippen LogP contribution in [-0.4, -0.2) is 30.5 Å². The summed E-state index contributed by atoms with van der Waals surface area (Å²) in [5.41, 5.74) is 0. The second-order valence-corrected chi connectivity index (χ2v) is 7.11. The molecule has 0 aliphatic heterocycles. The summed E-state index contributed by atoms with van der Waals surface area (Å²) >= 11 is 1.23. The highest BCUT2D eigenvalue weighted by atomic mass is 32.2. The van der Waals surface area contributed by atoms with Crippen LogP contribution in [0.4, 0.5) is 8.78 Å².